The quantitative estimate of drug-likeness (QED) is 0.845. The van der Waals surface area contributed by atoms with Crippen LogP contribution in [0.3, 0.4) is 0 Å². The van der Waals surface area contributed by atoms with Crippen molar-refractivity contribution in [2.45, 2.75) is 39.3 Å². The second kappa shape index (κ2) is 7.92. The highest BCUT2D eigenvalue weighted by atomic mass is 16.3. The Morgan fingerprint density at radius 1 is 1.33 bits per heavy atom. The van der Waals surface area contributed by atoms with Crippen LogP contribution < -0.4 is 5.32 Å². The van der Waals surface area contributed by atoms with Crippen LogP contribution in [0.5, 0.6) is 0 Å². The van der Waals surface area contributed by atoms with Crippen molar-refractivity contribution in [3.63, 3.8) is 0 Å². The average Bonchev–Trinajstić information content (AvgIpc) is 2.49. The Bertz CT molecular complexity index is 409. The summed E-state index contributed by atoms with van der Waals surface area (Å²) in [6, 6.07) is 11.1. The van der Waals surface area contributed by atoms with Gasteiger partial charge in [0.05, 0.1) is 6.10 Å². The van der Waals surface area contributed by atoms with Gasteiger partial charge >= 0.3 is 0 Å². The van der Waals surface area contributed by atoms with Crippen LogP contribution in [0.1, 0.15) is 38.8 Å². The van der Waals surface area contributed by atoms with E-state index >= 15 is 0 Å². The van der Waals surface area contributed by atoms with Gasteiger partial charge in [-0.15, -0.1) is 0 Å². The highest BCUT2D eigenvalue weighted by molar-refractivity contribution is 5.19. The van der Waals surface area contributed by atoms with Gasteiger partial charge in [-0.25, -0.2) is 0 Å². The van der Waals surface area contributed by atoms with Crippen molar-refractivity contribution in [1.82, 2.24) is 10.2 Å². The fraction of sp³-hybridized carbons (Fsp3) is 0.667. The molecule has 1 fully saturated rings. The SMILES string of the molecule is CCNC(c1ccccc1)C(C)CN1CCC(C)C(O)C1. The highest BCUT2D eigenvalue weighted by Gasteiger charge is 2.27. The van der Waals surface area contributed by atoms with E-state index in [1.807, 2.05) is 0 Å². The smallest absolute Gasteiger partial charge is 0.0693 e. The van der Waals surface area contributed by atoms with Crippen LogP contribution in [0.2, 0.25) is 0 Å². The largest absolute Gasteiger partial charge is 0.392 e. The molecule has 21 heavy (non-hydrogen) atoms. The molecule has 0 radical (unpaired) electrons. The first-order chi connectivity index (χ1) is 10.1. The molecule has 1 aromatic rings. The molecule has 4 unspecified atom stereocenters. The number of aliphatic hydroxyl groups is 1. The predicted octanol–water partition coefficient (Wildman–Crippen LogP) is 2.68. The maximum atomic E-state index is 10.1. The molecule has 3 heteroatoms. The summed E-state index contributed by atoms with van der Waals surface area (Å²) in [5, 5.41) is 13.7. The number of rotatable bonds is 6. The summed E-state index contributed by atoms with van der Waals surface area (Å²) in [6.45, 7) is 10.6. The van der Waals surface area contributed by atoms with Gasteiger partial charge in [0, 0.05) is 19.1 Å². The summed E-state index contributed by atoms with van der Waals surface area (Å²) in [4.78, 5) is 2.42. The van der Waals surface area contributed by atoms with Crippen LogP contribution in [-0.4, -0.2) is 42.3 Å². The minimum Gasteiger partial charge on any atom is -0.392 e. The Morgan fingerprint density at radius 2 is 2.05 bits per heavy atom. The third-order valence-corrected chi connectivity index (χ3v) is 4.70. The Hall–Kier alpha value is -0.900. The first-order valence-electron chi connectivity index (χ1n) is 8.30. The third kappa shape index (κ3) is 4.53. The Labute approximate surface area is 129 Å². The summed E-state index contributed by atoms with van der Waals surface area (Å²) in [5.41, 5.74) is 1.36. The number of hydrogen-bond donors (Lipinski definition) is 2. The maximum absolute atomic E-state index is 10.1. The number of β-amino-alcohol motifs (C(OH)–C–C–N with tert-alkyl or cyclic N) is 1. The van der Waals surface area contributed by atoms with Crippen molar-refractivity contribution in [3.8, 4) is 0 Å². The fourth-order valence-electron chi connectivity index (χ4n) is 3.32. The van der Waals surface area contributed by atoms with Gasteiger partial charge in [-0.1, -0.05) is 51.1 Å². The number of aliphatic hydroxyl groups excluding tert-OH is 1. The molecule has 1 heterocycles. The van der Waals surface area contributed by atoms with Crippen molar-refractivity contribution in [3.05, 3.63) is 35.9 Å². The molecule has 1 aromatic carbocycles. The monoisotopic (exact) mass is 290 g/mol. The molecular formula is C18H30N2O. The van der Waals surface area contributed by atoms with E-state index < -0.39 is 0 Å². The summed E-state index contributed by atoms with van der Waals surface area (Å²) in [5.74, 6) is 0.961. The van der Waals surface area contributed by atoms with Gasteiger partial charge in [0.25, 0.3) is 0 Å². The number of nitrogens with zero attached hydrogens (tertiary/aromatic N) is 1. The van der Waals surface area contributed by atoms with Crippen LogP contribution in [0, 0.1) is 11.8 Å². The molecule has 0 bridgehead atoms. The van der Waals surface area contributed by atoms with Crippen LogP contribution in [-0.2, 0) is 0 Å². The highest BCUT2D eigenvalue weighted by Crippen LogP contribution is 2.25. The Morgan fingerprint density at radius 3 is 2.67 bits per heavy atom. The lowest BCUT2D eigenvalue weighted by Gasteiger charge is -2.37. The van der Waals surface area contributed by atoms with Gasteiger partial charge in [-0.2, -0.15) is 0 Å². The van der Waals surface area contributed by atoms with E-state index in [-0.39, 0.29) is 6.10 Å². The van der Waals surface area contributed by atoms with E-state index in [1.54, 1.807) is 0 Å². The number of likely N-dealkylation sites (tertiary alicyclic amines) is 1. The molecule has 0 amide bonds. The minimum atomic E-state index is -0.166. The molecule has 0 spiro atoms. The van der Waals surface area contributed by atoms with Crippen LogP contribution in [0.25, 0.3) is 0 Å². The zero-order chi connectivity index (χ0) is 15.2. The molecule has 3 nitrogen and oxygen atoms in total. The second-order valence-corrected chi connectivity index (χ2v) is 6.52. The van der Waals surface area contributed by atoms with Gasteiger partial charge in [0.1, 0.15) is 0 Å². The van der Waals surface area contributed by atoms with E-state index in [1.165, 1.54) is 5.56 Å². The van der Waals surface area contributed by atoms with Gasteiger partial charge in [0.15, 0.2) is 0 Å². The van der Waals surface area contributed by atoms with Crippen molar-refractivity contribution in [2.24, 2.45) is 11.8 Å². The molecule has 0 aromatic heterocycles. The molecular weight excluding hydrogens is 260 g/mol. The molecule has 1 aliphatic rings. The first kappa shape index (κ1) is 16.5. The van der Waals surface area contributed by atoms with E-state index in [9.17, 15) is 5.11 Å². The minimum absolute atomic E-state index is 0.166. The maximum Gasteiger partial charge on any atom is 0.0693 e. The Kier molecular flexibility index (Phi) is 6.22. The molecule has 0 saturated carbocycles. The predicted molar refractivity (Wildman–Crippen MR) is 88.3 cm³/mol. The third-order valence-electron chi connectivity index (χ3n) is 4.70. The van der Waals surface area contributed by atoms with Crippen molar-refractivity contribution in [2.75, 3.05) is 26.2 Å². The van der Waals surface area contributed by atoms with E-state index in [0.717, 1.165) is 32.6 Å². The number of piperidine rings is 1. The second-order valence-electron chi connectivity index (χ2n) is 6.52. The van der Waals surface area contributed by atoms with Crippen molar-refractivity contribution in [1.29, 1.82) is 0 Å². The zero-order valence-corrected chi connectivity index (χ0v) is 13.6. The lowest BCUT2D eigenvalue weighted by molar-refractivity contribution is 0.0215. The van der Waals surface area contributed by atoms with E-state index in [4.69, 9.17) is 0 Å². The summed E-state index contributed by atoms with van der Waals surface area (Å²) in [7, 11) is 0. The van der Waals surface area contributed by atoms with Gasteiger partial charge in [-0.3, -0.25) is 0 Å². The lowest BCUT2D eigenvalue weighted by atomic mass is 9.91. The fourth-order valence-corrected chi connectivity index (χ4v) is 3.32. The molecule has 4 atom stereocenters. The normalized spacial score (nSPS) is 26.5. The lowest BCUT2D eigenvalue weighted by Crippen LogP contribution is -2.46. The zero-order valence-electron chi connectivity index (χ0n) is 13.6. The molecule has 1 aliphatic heterocycles. The van der Waals surface area contributed by atoms with E-state index in [0.29, 0.717) is 17.9 Å². The van der Waals surface area contributed by atoms with Gasteiger partial charge in [0.2, 0.25) is 0 Å². The average molecular weight is 290 g/mol. The summed E-state index contributed by atoms with van der Waals surface area (Å²) >= 11 is 0. The molecule has 2 N–H and O–H groups in total. The van der Waals surface area contributed by atoms with Crippen LogP contribution in [0.15, 0.2) is 30.3 Å². The topological polar surface area (TPSA) is 35.5 Å². The number of hydrogen-bond acceptors (Lipinski definition) is 3. The summed E-state index contributed by atoms with van der Waals surface area (Å²) in [6.07, 6.45) is 0.936. The van der Waals surface area contributed by atoms with Crippen LogP contribution in [0.4, 0.5) is 0 Å². The van der Waals surface area contributed by atoms with Gasteiger partial charge < -0.3 is 15.3 Å². The molecule has 1 saturated heterocycles. The first-order valence-corrected chi connectivity index (χ1v) is 8.30. The van der Waals surface area contributed by atoms with Gasteiger partial charge in [-0.05, 0) is 36.9 Å². The van der Waals surface area contributed by atoms with E-state index in [2.05, 4.69) is 61.3 Å². The molecule has 2 rings (SSSR count). The summed E-state index contributed by atoms with van der Waals surface area (Å²) < 4.78 is 0. The molecule has 118 valence electrons. The molecule has 0 aliphatic carbocycles. The number of nitrogens with one attached hydrogen (secondary N) is 1. The van der Waals surface area contributed by atoms with Crippen LogP contribution >= 0.6 is 0 Å². The van der Waals surface area contributed by atoms with Crippen molar-refractivity contribution >= 4 is 0 Å². The van der Waals surface area contributed by atoms with Crippen molar-refractivity contribution < 1.29 is 5.11 Å². The Balaban J connectivity index is 1.97. The number of benzene rings is 1. The standard InChI is InChI=1S/C18H30N2O/c1-4-19-18(16-8-6-5-7-9-16)15(3)12-20-11-10-14(2)17(21)13-20/h5-9,14-15,17-19,21H,4,10-13H2,1-3H3.